The number of rotatable bonds is 2. The number of Topliss-reactive ketones (excluding diaryl/α,β-unsaturated/α-hetero) is 1. The van der Waals surface area contributed by atoms with Crippen LogP contribution in [0.2, 0.25) is 0 Å². The Morgan fingerprint density at radius 3 is 2.55 bits per heavy atom. The van der Waals surface area contributed by atoms with Crippen LogP contribution in [0.25, 0.3) is 0 Å². The molecule has 0 aromatic heterocycles. The van der Waals surface area contributed by atoms with Crippen molar-refractivity contribution in [3.05, 3.63) is 23.8 Å². The van der Waals surface area contributed by atoms with Gasteiger partial charge in [0.1, 0.15) is 12.2 Å². The van der Waals surface area contributed by atoms with E-state index in [1.807, 2.05) is 27.7 Å². The molecule has 29 heavy (non-hydrogen) atoms. The molecule has 3 fully saturated rings. The lowest BCUT2D eigenvalue weighted by Gasteiger charge is -2.64. The Bertz CT molecular complexity index is 732. The van der Waals surface area contributed by atoms with E-state index < -0.39 is 39.8 Å². The first-order valence-corrected chi connectivity index (χ1v) is 11.6. The fraction of sp³-hybridized carbons (Fsp3) is 0.792. The second-order valence-electron chi connectivity index (χ2n) is 9.71. The van der Waals surface area contributed by atoms with Crippen molar-refractivity contribution in [3.8, 4) is 0 Å². The number of carbonyl (C=O) groups is 1. The molecule has 0 aromatic carbocycles. The Hall–Kier alpha value is -0.680. The molecule has 164 valence electrons. The molecule has 0 heterocycles. The van der Waals surface area contributed by atoms with E-state index in [9.17, 15) is 20.1 Å². The molecule has 0 spiro atoms. The van der Waals surface area contributed by atoms with Gasteiger partial charge in [0.05, 0.1) is 11.0 Å². The summed E-state index contributed by atoms with van der Waals surface area (Å²) in [5.74, 6) is -0.775. The van der Waals surface area contributed by atoms with Gasteiger partial charge in [-0.15, -0.1) is 11.6 Å². The van der Waals surface area contributed by atoms with E-state index in [0.717, 1.165) is 19.3 Å². The number of halogens is 1. The van der Waals surface area contributed by atoms with E-state index in [4.69, 9.17) is 11.6 Å². The second-order valence-corrected chi connectivity index (χ2v) is 10.3. The summed E-state index contributed by atoms with van der Waals surface area (Å²) in [6.45, 7) is 9.25. The van der Waals surface area contributed by atoms with Gasteiger partial charge in [-0.3, -0.25) is 4.79 Å². The normalized spacial score (nSPS) is 50.4. The van der Waals surface area contributed by atoms with Crippen LogP contribution in [-0.2, 0) is 4.79 Å². The SMILES string of the molecule is CC.C[C@H]1C[C@H]2[C@@H]3CCC4=CCC=C[C@]4(C)[C@@]3(Cl)[C@@H](O)C[C@]2(C)[C@@]1(O)C(=O)CO. The summed E-state index contributed by atoms with van der Waals surface area (Å²) >= 11 is 7.37. The highest BCUT2D eigenvalue weighted by Crippen LogP contribution is 2.71. The van der Waals surface area contributed by atoms with Crippen molar-refractivity contribution < 1.29 is 20.1 Å². The van der Waals surface area contributed by atoms with Crippen LogP contribution in [0.4, 0.5) is 0 Å². The van der Waals surface area contributed by atoms with Gasteiger partial charge in [0, 0.05) is 10.8 Å². The minimum absolute atomic E-state index is 0.000726. The zero-order valence-corrected chi connectivity index (χ0v) is 19.2. The van der Waals surface area contributed by atoms with E-state index in [1.54, 1.807) is 0 Å². The Labute approximate surface area is 180 Å². The average Bonchev–Trinajstić information content (AvgIpc) is 2.91. The second kappa shape index (κ2) is 7.47. The molecule has 4 nitrogen and oxygen atoms in total. The number of hydrogen-bond donors (Lipinski definition) is 3. The maximum Gasteiger partial charge on any atom is 0.190 e. The molecule has 4 aliphatic rings. The van der Waals surface area contributed by atoms with Crippen LogP contribution in [0, 0.1) is 28.6 Å². The van der Waals surface area contributed by atoms with Crippen molar-refractivity contribution in [2.45, 2.75) is 83.3 Å². The monoisotopic (exact) mass is 424 g/mol. The van der Waals surface area contributed by atoms with Crippen LogP contribution in [0.5, 0.6) is 0 Å². The first-order valence-electron chi connectivity index (χ1n) is 11.2. The fourth-order valence-corrected chi connectivity index (χ4v) is 7.92. The number of aliphatic hydroxyl groups excluding tert-OH is 2. The van der Waals surface area contributed by atoms with Gasteiger partial charge in [0.2, 0.25) is 0 Å². The molecule has 0 saturated heterocycles. The summed E-state index contributed by atoms with van der Waals surface area (Å²) in [4.78, 5) is 11.8. The molecule has 0 bridgehead atoms. The lowest BCUT2D eigenvalue weighted by molar-refractivity contribution is -0.179. The van der Waals surface area contributed by atoms with Gasteiger partial charge in [-0.05, 0) is 49.9 Å². The Kier molecular flexibility index (Phi) is 5.93. The number of allylic oxidation sites excluding steroid dienone is 4. The zero-order chi connectivity index (χ0) is 21.8. The number of alkyl halides is 1. The van der Waals surface area contributed by atoms with Crippen LogP contribution >= 0.6 is 11.6 Å². The van der Waals surface area contributed by atoms with Gasteiger partial charge in [-0.1, -0.05) is 58.4 Å². The Balaban J connectivity index is 0.00000117. The summed E-state index contributed by atoms with van der Waals surface area (Å²) in [6.07, 6.45) is 9.32. The average molecular weight is 425 g/mol. The number of fused-ring (bicyclic) bond motifs is 5. The minimum atomic E-state index is -1.62. The van der Waals surface area contributed by atoms with Crippen LogP contribution in [-0.4, -0.2) is 44.3 Å². The molecule has 4 aliphatic carbocycles. The summed E-state index contributed by atoms with van der Waals surface area (Å²) in [5.41, 5.74) is -1.52. The first-order chi connectivity index (χ1) is 13.6. The van der Waals surface area contributed by atoms with E-state index in [0.29, 0.717) is 6.42 Å². The number of ketones is 1. The topological polar surface area (TPSA) is 77.8 Å². The van der Waals surface area contributed by atoms with Gasteiger partial charge in [0.15, 0.2) is 5.78 Å². The number of carbonyl (C=O) groups excluding carboxylic acids is 1. The third-order valence-corrected chi connectivity index (χ3v) is 9.77. The van der Waals surface area contributed by atoms with Crippen LogP contribution in [0.1, 0.15) is 66.7 Å². The van der Waals surface area contributed by atoms with Gasteiger partial charge in [-0.2, -0.15) is 0 Å². The summed E-state index contributed by atoms with van der Waals surface area (Å²) < 4.78 is 0. The molecule has 0 amide bonds. The molecule has 3 N–H and O–H groups in total. The maximum absolute atomic E-state index is 12.6. The van der Waals surface area contributed by atoms with Crippen molar-refractivity contribution in [1.29, 1.82) is 0 Å². The third-order valence-electron chi connectivity index (χ3n) is 8.85. The quantitative estimate of drug-likeness (QED) is 0.462. The highest BCUT2D eigenvalue weighted by molar-refractivity contribution is 6.26. The molecule has 0 unspecified atom stereocenters. The lowest BCUT2D eigenvalue weighted by atomic mass is 9.45. The van der Waals surface area contributed by atoms with Gasteiger partial charge in [-0.25, -0.2) is 0 Å². The molecular weight excluding hydrogens is 388 g/mol. The fourth-order valence-electron chi connectivity index (χ4n) is 7.40. The van der Waals surface area contributed by atoms with Gasteiger partial charge in [0.25, 0.3) is 0 Å². The summed E-state index contributed by atoms with van der Waals surface area (Å²) in [5, 5.41) is 32.4. The van der Waals surface area contributed by atoms with E-state index in [2.05, 4.69) is 25.2 Å². The lowest BCUT2D eigenvalue weighted by Crippen LogP contribution is -2.68. The molecule has 0 radical (unpaired) electrons. The van der Waals surface area contributed by atoms with Crippen molar-refractivity contribution in [2.24, 2.45) is 28.6 Å². The standard InChI is InChI=1S/C22H31ClO4.C2H6/c1-13-10-16-15-8-7-14-6-4-5-9-19(14,2)21(15,23)17(25)11-20(16,3)22(13,27)18(26)12-24;1-2/h5-6,9,13,15-17,24-25,27H,4,7-8,10-12H2,1-3H3;1-2H3/t13-,15-,16-,17-,19-,20-,21-,22-;/m0./s1. The maximum atomic E-state index is 12.6. The number of hydrogen-bond acceptors (Lipinski definition) is 4. The largest absolute Gasteiger partial charge is 0.391 e. The van der Waals surface area contributed by atoms with Crippen molar-refractivity contribution in [2.75, 3.05) is 6.61 Å². The molecule has 3 saturated carbocycles. The highest BCUT2D eigenvalue weighted by atomic mass is 35.5. The first kappa shape index (κ1) is 23.0. The smallest absolute Gasteiger partial charge is 0.190 e. The van der Waals surface area contributed by atoms with Gasteiger partial charge < -0.3 is 15.3 Å². The summed E-state index contributed by atoms with van der Waals surface area (Å²) in [7, 11) is 0. The molecule has 0 aromatic rings. The predicted octanol–water partition coefficient (Wildman–Crippen LogP) is 4.01. The van der Waals surface area contributed by atoms with Gasteiger partial charge >= 0.3 is 0 Å². The Morgan fingerprint density at radius 1 is 1.28 bits per heavy atom. The number of aliphatic hydroxyl groups is 3. The van der Waals surface area contributed by atoms with Crippen LogP contribution < -0.4 is 0 Å². The van der Waals surface area contributed by atoms with E-state index in [1.165, 1.54) is 5.57 Å². The minimum Gasteiger partial charge on any atom is -0.391 e. The van der Waals surface area contributed by atoms with Crippen molar-refractivity contribution in [3.63, 3.8) is 0 Å². The van der Waals surface area contributed by atoms with E-state index >= 15 is 0 Å². The molecule has 4 rings (SSSR count). The van der Waals surface area contributed by atoms with Crippen LogP contribution in [0.3, 0.4) is 0 Å². The van der Waals surface area contributed by atoms with Crippen molar-refractivity contribution in [1.82, 2.24) is 0 Å². The molecule has 5 heteroatoms. The predicted molar refractivity (Wildman–Crippen MR) is 116 cm³/mol. The Morgan fingerprint density at radius 2 is 1.93 bits per heavy atom. The zero-order valence-electron chi connectivity index (χ0n) is 18.4. The summed E-state index contributed by atoms with van der Waals surface area (Å²) in [6, 6.07) is 0. The van der Waals surface area contributed by atoms with Crippen LogP contribution in [0.15, 0.2) is 23.8 Å². The highest BCUT2D eigenvalue weighted by Gasteiger charge is 2.74. The molecular formula is C24H37ClO4. The van der Waals surface area contributed by atoms with Crippen molar-refractivity contribution >= 4 is 17.4 Å². The molecule has 8 atom stereocenters. The van der Waals surface area contributed by atoms with E-state index in [-0.39, 0.29) is 24.2 Å². The molecule has 0 aliphatic heterocycles. The third kappa shape index (κ3) is 2.65.